The summed E-state index contributed by atoms with van der Waals surface area (Å²) < 4.78 is 0. The third kappa shape index (κ3) is 3.21. The molecule has 14 heavy (non-hydrogen) atoms. The molecule has 0 saturated heterocycles. The van der Waals surface area contributed by atoms with Gasteiger partial charge in [0, 0.05) is 0 Å². The van der Waals surface area contributed by atoms with Crippen molar-refractivity contribution in [3.8, 4) is 0 Å². The molecule has 0 fully saturated rings. The Morgan fingerprint density at radius 2 is 2.00 bits per heavy atom. The highest BCUT2D eigenvalue weighted by Crippen LogP contribution is 2.20. The maximum atomic E-state index is 3.76. The highest BCUT2D eigenvalue weighted by molar-refractivity contribution is 5.66. The summed E-state index contributed by atoms with van der Waals surface area (Å²) in [6.07, 6.45) is 7.62. The van der Waals surface area contributed by atoms with Gasteiger partial charge in [-0.1, -0.05) is 62.4 Å². The van der Waals surface area contributed by atoms with Gasteiger partial charge in [0.15, 0.2) is 0 Å². The topological polar surface area (TPSA) is 0 Å². The van der Waals surface area contributed by atoms with E-state index in [2.05, 4.69) is 49.9 Å². The van der Waals surface area contributed by atoms with Crippen LogP contribution in [-0.2, 0) is 0 Å². The van der Waals surface area contributed by atoms with Gasteiger partial charge in [0.25, 0.3) is 0 Å². The first-order valence-corrected chi connectivity index (χ1v) is 5.25. The molecule has 0 aliphatic rings. The molecule has 1 aromatic rings. The molecule has 0 N–H and O–H groups in total. The summed E-state index contributed by atoms with van der Waals surface area (Å²) in [4.78, 5) is 0. The van der Waals surface area contributed by atoms with Crippen molar-refractivity contribution in [2.45, 2.75) is 26.2 Å². The minimum Gasteiger partial charge on any atom is -0.0991 e. The summed E-state index contributed by atoms with van der Waals surface area (Å²) in [5, 5.41) is 0. The van der Waals surface area contributed by atoms with Crippen molar-refractivity contribution in [3.63, 3.8) is 0 Å². The first kappa shape index (κ1) is 10.8. The summed E-state index contributed by atoms with van der Waals surface area (Å²) in [6, 6.07) is 10.5. The number of unbranched alkanes of at least 4 members (excludes halogenated alkanes) is 1. The van der Waals surface area contributed by atoms with Crippen LogP contribution in [0.5, 0.6) is 0 Å². The predicted molar refractivity (Wildman–Crippen MR) is 64.1 cm³/mol. The van der Waals surface area contributed by atoms with Gasteiger partial charge in [0.1, 0.15) is 0 Å². The molecule has 0 aromatic heterocycles. The summed E-state index contributed by atoms with van der Waals surface area (Å²) in [5.74, 6) is 0. The molecule has 1 rings (SSSR count). The molecule has 0 heterocycles. The minimum atomic E-state index is 1.15. The Morgan fingerprint density at radius 3 is 2.57 bits per heavy atom. The van der Waals surface area contributed by atoms with Gasteiger partial charge in [-0.05, 0) is 24.0 Å². The molecule has 0 radical (unpaired) electrons. The van der Waals surface area contributed by atoms with Crippen molar-refractivity contribution in [2.24, 2.45) is 0 Å². The maximum absolute atomic E-state index is 3.76. The van der Waals surface area contributed by atoms with Gasteiger partial charge in [-0.2, -0.15) is 0 Å². The van der Waals surface area contributed by atoms with Crippen LogP contribution in [0.1, 0.15) is 31.7 Å². The standard InChI is InChI=1S/C14H18/c1-3-5-10-13(9-4-2)14-11-7-6-8-12-14/h4,6-9,11-12H,2-3,5,10H2,1H3/b13-9-. The molecule has 0 heteroatoms. The van der Waals surface area contributed by atoms with E-state index in [4.69, 9.17) is 0 Å². The van der Waals surface area contributed by atoms with E-state index >= 15 is 0 Å². The molecule has 1 aromatic carbocycles. The average molecular weight is 186 g/mol. The van der Waals surface area contributed by atoms with Gasteiger partial charge in [-0.15, -0.1) is 0 Å². The van der Waals surface area contributed by atoms with Gasteiger partial charge in [0.05, 0.1) is 0 Å². The smallest absolute Gasteiger partial charge is 0.0225 e. The van der Waals surface area contributed by atoms with Crippen LogP contribution in [0.25, 0.3) is 5.57 Å². The second-order valence-electron chi connectivity index (χ2n) is 3.40. The normalized spacial score (nSPS) is 11.4. The first-order valence-electron chi connectivity index (χ1n) is 5.25. The molecule has 0 nitrogen and oxygen atoms in total. The maximum Gasteiger partial charge on any atom is -0.0225 e. The van der Waals surface area contributed by atoms with E-state index in [9.17, 15) is 0 Å². The molecular weight excluding hydrogens is 168 g/mol. The molecule has 74 valence electrons. The minimum absolute atomic E-state index is 1.15. The predicted octanol–water partition coefficient (Wildman–Crippen LogP) is 4.45. The Kier molecular flexibility index (Phi) is 4.77. The SMILES string of the molecule is C=C/C=C(/CCCC)c1ccccc1. The Morgan fingerprint density at radius 1 is 1.29 bits per heavy atom. The second kappa shape index (κ2) is 6.20. The number of hydrogen-bond donors (Lipinski definition) is 0. The summed E-state index contributed by atoms with van der Waals surface area (Å²) in [7, 11) is 0. The first-order chi connectivity index (χ1) is 6.88. The van der Waals surface area contributed by atoms with Gasteiger partial charge < -0.3 is 0 Å². The lowest BCUT2D eigenvalue weighted by Gasteiger charge is -2.05. The van der Waals surface area contributed by atoms with Crippen LogP contribution >= 0.6 is 0 Å². The van der Waals surface area contributed by atoms with Gasteiger partial charge >= 0.3 is 0 Å². The fourth-order valence-electron chi connectivity index (χ4n) is 1.49. The molecule has 0 amide bonds. The van der Waals surface area contributed by atoms with E-state index in [0.29, 0.717) is 0 Å². The fraction of sp³-hybridized carbons (Fsp3) is 0.286. The van der Waals surface area contributed by atoms with Crippen molar-refractivity contribution in [3.05, 3.63) is 54.6 Å². The van der Waals surface area contributed by atoms with E-state index in [1.54, 1.807) is 0 Å². The van der Waals surface area contributed by atoms with Crippen molar-refractivity contribution in [1.82, 2.24) is 0 Å². The number of hydrogen-bond acceptors (Lipinski definition) is 0. The van der Waals surface area contributed by atoms with Gasteiger partial charge in [0.2, 0.25) is 0 Å². The molecule has 0 atom stereocenters. The van der Waals surface area contributed by atoms with Crippen molar-refractivity contribution < 1.29 is 0 Å². The van der Waals surface area contributed by atoms with E-state index in [1.807, 2.05) is 6.08 Å². The van der Waals surface area contributed by atoms with Crippen LogP contribution in [-0.4, -0.2) is 0 Å². The summed E-state index contributed by atoms with van der Waals surface area (Å²) in [5.41, 5.74) is 2.71. The van der Waals surface area contributed by atoms with Crippen LogP contribution in [0.15, 0.2) is 49.1 Å². The zero-order valence-electron chi connectivity index (χ0n) is 8.87. The van der Waals surface area contributed by atoms with E-state index < -0.39 is 0 Å². The van der Waals surface area contributed by atoms with Crippen LogP contribution in [0.2, 0.25) is 0 Å². The fourth-order valence-corrected chi connectivity index (χ4v) is 1.49. The van der Waals surface area contributed by atoms with Crippen LogP contribution in [0.4, 0.5) is 0 Å². The number of benzene rings is 1. The Bertz CT molecular complexity index is 293. The Balaban J connectivity index is 2.78. The monoisotopic (exact) mass is 186 g/mol. The highest BCUT2D eigenvalue weighted by Gasteiger charge is 1.98. The molecule has 0 spiro atoms. The van der Waals surface area contributed by atoms with Crippen molar-refractivity contribution in [1.29, 1.82) is 0 Å². The van der Waals surface area contributed by atoms with E-state index in [1.165, 1.54) is 24.0 Å². The number of allylic oxidation sites excluding steroid dienone is 3. The molecule has 0 saturated carbocycles. The highest BCUT2D eigenvalue weighted by atomic mass is 14.0. The third-order valence-electron chi connectivity index (χ3n) is 2.26. The molecular formula is C14H18. The molecule has 0 aliphatic carbocycles. The number of rotatable bonds is 5. The van der Waals surface area contributed by atoms with Crippen molar-refractivity contribution in [2.75, 3.05) is 0 Å². The largest absolute Gasteiger partial charge is 0.0991 e. The van der Waals surface area contributed by atoms with Crippen molar-refractivity contribution >= 4 is 5.57 Å². The molecule has 0 unspecified atom stereocenters. The average Bonchev–Trinajstić information content (AvgIpc) is 2.25. The third-order valence-corrected chi connectivity index (χ3v) is 2.26. The Labute approximate surface area is 87.0 Å². The second-order valence-corrected chi connectivity index (χ2v) is 3.40. The Hall–Kier alpha value is -1.30. The summed E-state index contributed by atoms with van der Waals surface area (Å²) >= 11 is 0. The van der Waals surface area contributed by atoms with Gasteiger partial charge in [-0.3, -0.25) is 0 Å². The lowest BCUT2D eigenvalue weighted by Crippen LogP contribution is -1.84. The van der Waals surface area contributed by atoms with Crippen LogP contribution < -0.4 is 0 Å². The van der Waals surface area contributed by atoms with E-state index in [-0.39, 0.29) is 0 Å². The van der Waals surface area contributed by atoms with Crippen LogP contribution in [0.3, 0.4) is 0 Å². The lowest BCUT2D eigenvalue weighted by atomic mass is 10.00. The zero-order valence-corrected chi connectivity index (χ0v) is 8.87. The quantitative estimate of drug-likeness (QED) is 0.596. The lowest BCUT2D eigenvalue weighted by molar-refractivity contribution is 0.824. The van der Waals surface area contributed by atoms with E-state index in [0.717, 1.165) is 6.42 Å². The van der Waals surface area contributed by atoms with Crippen LogP contribution in [0, 0.1) is 0 Å². The molecule has 0 bridgehead atoms. The molecule has 0 aliphatic heterocycles. The summed E-state index contributed by atoms with van der Waals surface area (Å²) in [6.45, 7) is 5.98. The zero-order chi connectivity index (χ0) is 10.2. The van der Waals surface area contributed by atoms with Gasteiger partial charge in [-0.25, -0.2) is 0 Å².